The number of rotatable bonds is 11. The number of halogens is 1. The number of amides is 1. The van der Waals surface area contributed by atoms with E-state index in [0.717, 1.165) is 11.8 Å². The summed E-state index contributed by atoms with van der Waals surface area (Å²) in [5.41, 5.74) is 1.68. The van der Waals surface area contributed by atoms with E-state index in [0.29, 0.717) is 57.0 Å². The molecule has 1 amide bonds. The van der Waals surface area contributed by atoms with Crippen LogP contribution in [0, 0.1) is 0 Å². The molecule has 3 rings (SSSR count). The Hall–Kier alpha value is -3.31. The first-order chi connectivity index (χ1) is 17.2. The zero-order valence-electron chi connectivity index (χ0n) is 19.4. The Morgan fingerprint density at radius 3 is 2.53 bits per heavy atom. The molecule has 1 atom stereocenters. The summed E-state index contributed by atoms with van der Waals surface area (Å²) in [7, 11) is 1.44. The van der Waals surface area contributed by atoms with Gasteiger partial charge in [0.25, 0.3) is 5.91 Å². The minimum absolute atomic E-state index is 0.0810. The first-order valence-corrected chi connectivity index (χ1v) is 12.7. The number of hydrogen-bond acceptors (Lipinski definition) is 7. The third-order valence-corrected chi connectivity index (χ3v) is 6.80. The zero-order chi connectivity index (χ0) is 26.2. The highest BCUT2D eigenvalue weighted by molar-refractivity contribution is 9.10. The van der Waals surface area contributed by atoms with Crippen LogP contribution in [0.15, 0.2) is 50.8 Å². The number of methoxy groups -OCH3 is 1. The molecule has 1 unspecified atom stereocenters. The number of carboxylic acids is 2. The van der Waals surface area contributed by atoms with E-state index in [4.69, 9.17) is 9.84 Å². The van der Waals surface area contributed by atoms with Gasteiger partial charge in [-0.05, 0) is 60.5 Å². The van der Waals surface area contributed by atoms with Gasteiger partial charge in [-0.3, -0.25) is 14.4 Å². The van der Waals surface area contributed by atoms with Gasteiger partial charge in [-0.25, -0.2) is 0 Å². The molecule has 4 N–H and O–H groups in total. The van der Waals surface area contributed by atoms with Crippen molar-refractivity contribution in [3.63, 3.8) is 0 Å². The van der Waals surface area contributed by atoms with Crippen molar-refractivity contribution in [3.05, 3.63) is 56.9 Å². The van der Waals surface area contributed by atoms with Crippen LogP contribution in [-0.4, -0.2) is 45.4 Å². The van der Waals surface area contributed by atoms with Gasteiger partial charge in [0.15, 0.2) is 16.7 Å². The number of phenolic OH excluding ortho intramolecular Hbond substituents is 1. The second-order valence-electron chi connectivity index (χ2n) is 8.01. The van der Waals surface area contributed by atoms with Crippen molar-refractivity contribution in [1.82, 2.24) is 0 Å². The van der Waals surface area contributed by atoms with Crippen LogP contribution in [0.2, 0.25) is 0 Å². The Morgan fingerprint density at radius 1 is 1.17 bits per heavy atom. The molecule has 2 aromatic carbocycles. The highest BCUT2D eigenvalue weighted by Crippen LogP contribution is 2.37. The van der Waals surface area contributed by atoms with Gasteiger partial charge in [0.05, 0.1) is 17.9 Å². The number of nitrogens with zero attached hydrogens (tertiary/aromatic N) is 1. The smallest absolute Gasteiger partial charge is 0.310 e. The van der Waals surface area contributed by atoms with Crippen LogP contribution in [0.5, 0.6) is 11.5 Å². The number of thioether (sulfide) groups is 1. The molecule has 0 saturated carbocycles. The fourth-order valence-electron chi connectivity index (χ4n) is 3.62. The average Bonchev–Trinajstić information content (AvgIpc) is 3.17. The van der Waals surface area contributed by atoms with Gasteiger partial charge in [-0.15, -0.1) is 0 Å². The number of aliphatic imine (C=N–C) groups is 1. The zero-order valence-corrected chi connectivity index (χ0v) is 21.8. The van der Waals surface area contributed by atoms with Crippen molar-refractivity contribution in [3.8, 4) is 11.5 Å². The number of carbonyl (C=O) groups is 3. The van der Waals surface area contributed by atoms with E-state index >= 15 is 0 Å². The van der Waals surface area contributed by atoms with Gasteiger partial charge < -0.3 is 25.4 Å². The van der Waals surface area contributed by atoms with Crippen LogP contribution < -0.4 is 10.1 Å². The standard InChI is InChI=1S/C25H25BrN2O7S/c1-35-19-13-16(26)11-15(22(19)31)12-20-23(32)28-25(36-20)27-17-9-7-14(8-10-17)18(24(33)34)5-3-2-4-6-21(29)30/h7-13,18,31H,2-6H2,1H3,(H,29,30)(H,33,34)(H,27,28,32)/b20-12-. The molecule has 0 aromatic heterocycles. The van der Waals surface area contributed by atoms with Crippen LogP contribution in [0.3, 0.4) is 0 Å². The van der Waals surface area contributed by atoms with E-state index in [-0.39, 0.29) is 17.9 Å². The second-order valence-corrected chi connectivity index (χ2v) is 9.96. The quantitative estimate of drug-likeness (QED) is 0.202. The minimum Gasteiger partial charge on any atom is -0.504 e. The normalized spacial score (nSPS) is 15.0. The van der Waals surface area contributed by atoms with Crippen molar-refractivity contribution in [2.45, 2.75) is 38.0 Å². The number of benzene rings is 2. The summed E-state index contributed by atoms with van der Waals surface area (Å²) >= 11 is 4.46. The second kappa shape index (κ2) is 12.6. The number of carbonyl (C=O) groups excluding carboxylic acids is 1. The van der Waals surface area contributed by atoms with Gasteiger partial charge in [-0.2, -0.15) is 4.99 Å². The molecule has 0 saturated heterocycles. The third-order valence-electron chi connectivity index (χ3n) is 5.44. The third kappa shape index (κ3) is 7.34. The van der Waals surface area contributed by atoms with Crippen molar-refractivity contribution in [2.75, 3.05) is 12.4 Å². The summed E-state index contributed by atoms with van der Waals surface area (Å²) in [5.74, 6) is -2.75. The molecule has 0 bridgehead atoms. The highest BCUT2D eigenvalue weighted by atomic mass is 79.9. The van der Waals surface area contributed by atoms with Gasteiger partial charge in [0, 0.05) is 22.1 Å². The van der Waals surface area contributed by atoms with E-state index < -0.39 is 23.8 Å². The molecule has 9 nitrogen and oxygen atoms in total. The van der Waals surface area contributed by atoms with E-state index in [1.54, 1.807) is 36.4 Å². The molecular weight excluding hydrogens is 552 g/mol. The SMILES string of the molecule is COc1cc(Br)cc(/C=C2\SC(Nc3ccc(C(CCCCCC(=O)O)C(=O)O)cc3)=NC2=O)c1O. The largest absolute Gasteiger partial charge is 0.504 e. The first-order valence-electron chi connectivity index (χ1n) is 11.1. The Bertz CT molecular complexity index is 1210. The molecule has 1 aliphatic rings. The van der Waals surface area contributed by atoms with E-state index in [1.165, 1.54) is 13.2 Å². The fourth-order valence-corrected chi connectivity index (χ4v) is 4.90. The molecular formula is C25H25BrN2O7S. The lowest BCUT2D eigenvalue weighted by molar-refractivity contribution is -0.139. The van der Waals surface area contributed by atoms with Crippen LogP contribution in [0.1, 0.15) is 49.1 Å². The Kier molecular flexibility index (Phi) is 9.54. The van der Waals surface area contributed by atoms with E-state index in [9.17, 15) is 24.6 Å². The average molecular weight is 577 g/mol. The number of unbranched alkanes of at least 4 members (excludes halogenated alkanes) is 2. The molecule has 1 aliphatic heterocycles. The predicted octanol–water partition coefficient (Wildman–Crippen LogP) is 5.45. The van der Waals surface area contributed by atoms with Crippen LogP contribution in [0.25, 0.3) is 6.08 Å². The van der Waals surface area contributed by atoms with Crippen molar-refractivity contribution in [2.24, 2.45) is 4.99 Å². The Labute approximate surface area is 220 Å². The van der Waals surface area contributed by atoms with Gasteiger partial charge in [0.2, 0.25) is 0 Å². The monoisotopic (exact) mass is 576 g/mol. The van der Waals surface area contributed by atoms with Crippen LogP contribution in [0.4, 0.5) is 5.69 Å². The lowest BCUT2D eigenvalue weighted by Gasteiger charge is -2.13. The molecule has 36 heavy (non-hydrogen) atoms. The number of aromatic hydroxyl groups is 1. The molecule has 0 radical (unpaired) electrons. The van der Waals surface area contributed by atoms with Crippen LogP contribution in [-0.2, 0) is 14.4 Å². The van der Waals surface area contributed by atoms with Gasteiger partial charge in [-0.1, -0.05) is 40.9 Å². The maximum Gasteiger partial charge on any atom is 0.310 e. The number of anilines is 1. The lowest BCUT2D eigenvalue weighted by atomic mass is 9.93. The summed E-state index contributed by atoms with van der Waals surface area (Å²) in [5, 5.41) is 32.1. The molecule has 2 aromatic rings. The number of ether oxygens (including phenoxy) is 1. The summed E-state index contributed by atoms with van der Waals surface area (Å²) in [4.78, 5) is 39.1. The maximum absolute atomic E-state index is 12.4. The molecule has 0 aliphatic carbocycles. The highest BCUT2D eigenvalue weighted by Gasteiger charge is 2.24. The fraction of sp³-hybridized carbons (Fsp3) is 0.280. The van der Waals surface area contributed by atoms with E-state index in [2.05, 4.69) is 26.2 Å². The predicted molar refractivity (Wildman–Crippen MR) is 142 cm³/mol. The maximum atomic E-state index is 12.4. The Morgan fingerprint density at radius 2 is 1.89 bits per heavy atom. The molecule has 11 heteroatoms. The summed E-state index contributed by atoms with van der Waals surface area (Å²) in [6.45, 7) is 0. The lowest BCUT2D eigenvalue weighted by Crippen LogP contribution is -2.12. The van der Waals surface area contributed by atoms with Crippen LogP contribution >= 0.6 is 27.7 Å². The van der Waals surface area contributed by atoms with Crippen molar-refractivity contribution >= 4 is 62.5 Å². The van der Waals surface area contributed by atoms with Crippen molar-refractivity contribution in [1.29, 1.82) is 0 Å². The number of nitrogens with one attached hydrogen (secondary N) is 1. The topological polar surface area (TPSA) is 146 Å². The summed E-state index contributed by atoms with van der Waals surface area (Å²) in [6, 6.07) is 10.1. The van der Waals surface area contributed by atoms with Gasteiger partial charge >= 0.3 is 11.9 Å². The Balaban J connectivity index is 1.63. The number of amidine groups is 1. The molecule has 0 fully saturated rings. The number of phenols is 1. The van der Waals surface area contributed by atoms with E-state index in [1.807, 2.05) is 0 Å². The number of aliphatic carboxylic acids is 2. The minimum atomic E-state index is -0.933. The first kappa shape index (κ1) is 27.3. The molecule has 190 valence electrons. The summed E-state index contributed by atoms with van der Waals surface area (Å²) < 4.78 is 5.82. The number of carboxylic acid groups (broad SMARTS) is 2. The molecule has 0 spiro atoms. The number of hydrogen-bond donors (Lipinski definition) is 4. The molecule has 1 heterocycles. The summed E-state index contributed by atoms with van der Waals surface area (Å²) in [6.07, 6.45) is 3.83. The van der Waals surface area contributed by atoms with Crippen molar-refractivity contribution < 1.29 is 34.4 Å². The van der Waals surface area contributed by atoms with Gasteiger partial charge in [0.1, 0.15) is 0 Å².